The van der Waals surface area contributed by atoms with Crippen molar-refractivity contribution in [2.75, 3.05) is 0 Å². The van der Waals surface area contributed by atoms with Crippen molar-refractivity contribution < 1.29 is 59.8 Å². The SMILES string of the molecule is Cc1c[c-](C)c(C)c1C.Cc1c[c-](C)c(C)c1C.[Br-].[Br-].[Hf+4]. The number of hydrogen-bond acceptors (Lipinski definition) is 0. The van der Waals surface area contributed by atoms with Crippen LogP contribution in [0.15, 0.2) is 12.1 Å². The van der Waals surface area contributed by atoms with E-state index < -0.39 is 0 Å². The van der Waals surface area contributed by atoms with Gasteiger partial charge >= 0.3 is 25.8 Å². The fourth-order valence-electron chi connectivity index (χ4n) is 2.27. The van der Waals surface area contributed by atoms with Crippen LogP contribution < -0.4 is 34.0 Å². The van der Waals surface area contributed by atoms with Crippen molar-refractivity contribution in [3.05, 3.63) is 56.6 Å². The van der Waals surface area contributed by atoms with Gasteiger partial charge in [-0.2, -0.15) is 56.6 Å². The van der Waals surface area contributed by atoms with Gasteiger partial charge in [-0.15, -0.1) is 0 Å². The molecule has 2 rings (SSSR count). The first-order valence-electron chi connectivity index (χ1n) is 6.65. The molecule has 0 aromatic heterocycles. The normalized spacial score (nSPS) is 8.76. The molecule has 0 radical (unpaired) electrons. The van der Waals surface area contributed by atoms with Crippen LogP contribution in [0.4, 0.5) is 0 Å². The predicted molar refractivity (Wildman–Crippen MR) is 82.0 cm³/mol. The number of halogens is 2. The molecule has 0 aliphatic rings. The van der Waals surface area contributed by atoms with E-state index in [-0.39, 0.29) is 59.8 Å². The zero-order valence-electron chi connectivity index (χ0n) is 14.4. The summed E-state index contributed by atoms with van der Waals surface area (Å²) in [5, 5.41) is 0. The van der Waals surface area contributed by atoms with E-state index >= 15 is 0 Å². The first kappa shape index (κ1) is 26.4. The molecule has 0 saturated carbocycles. The maximum Gasteiger partial charge on any atom is 4.00 e. The van der Waals surface area contributed by atoms with Crippen LogP contribution in [0.3, 0.4) is 0 Å². The summed E-state index contributed by atoms with van der Waals surface area (Å²) in [6.45, 7) is 17.4. The molecular weight excluding hydrogens is 554 g/mol. The van der Waals surface area contributed by atoms with Crippen LogP contribution >= 0.6 is 0 Å². The second-order valence-corrected chi connectivity index (χ2v) is 5.52. The summed E-state index contributed by atoms with van der Waals surface area (Å²) >= 11 is 0. The summed E-state index contributed by atoms with van der Waals surface area (Å²) in [6.07, 6.45) is 0. The third kappa shape index (κ3) is 6.66. The summed E-state index contributed by atoms with van der Waals surface area (Å²) in [6, 6.07) is 4.48. The fraction of sp³-hybridized carbons (Fsp3) is 0.444. The average molecular weight is 581 g/mol. The Morgan fingerprint density at radius 2 is 0.857 bits per heavy atom. The summed E-state index contributed by atoms with van der Waals surface area (Å²) in [5.74, 6) is 0. The van der Waals surface area contributed by atoms with Gasteiger partial charge in [-0.1, -0.05) is 55.4 Å². The summed E-state index contributed by atoms with van der Waals surface area (Å²) in [7, 11) is 0. The van der Waals surface area contributed by atoms with Gasteiger partial charge in [-0.25, -0.2) is 0 Å². The summed E-state index contributed by atoms with van der Waals surface area (Å²) < 4.78 is 0. The molecule has 0 atom stereocenters. The zero-order chi connectivity index (χ0) is 14.0. The van der Waals surface area contributed by atoms with Gasteiger partial charge in [0.25, 0.3) is 0 Å². The molecule has 0 unspecified atom stereocenters. The molecule has 116 valence electrons. The minimum Gasteiger partial charge on any atom is -1.00 e. The number of aryl methyl sites for hydroxylation is 4. The Bertz CT molecular complexity index is 453. The van der Waals surface area contributed by atoms with Gasteiger partial charge in [0.05, 0.1) is 0 Å². The minimum absolute atomic E-state index is 0. The van der Waals surface area contributed by atoms with E-state index in [1.54, 1.807) is 0 Å². The number of rotatable bonds is 0. The minimum atomic E-state index is 0. The van der Waals surface area contributed by atoms with Crippen LogP contribution in [0.1, 0.15) is 44.5 Å². The van der Waals surface area contributed by atoms with Crippen LogP contribution in [0.25, 0.3) is 0 Å². The second-order valence-electron chi connectivity index (χ2n) is 5.52. The average Bonchev–Trinajstić information content (AvgIpc) is 2.66. The fourth-order valence-corrected chi connectivity index (χ4v) is 2.27. The van der Waals surface area contributed by atoms with Crippen molar-refractivity contribution in [3.8, 4) is 0 Å². The zero-order valence-corrected chi connectivity index (χ0v) is 21.2. The monoisotopic (exact) mass is 580 g/mol. The molecule has 0 aliphatic heterocycles. The molecule has 0 bridgehead atoms. The molecule has 0 saturated heterocycles. The summed E-state index contributed by atoms with van der Waals surface area (Å²) in [5.41, 5.74) is 11.5. The largest absolute Gasteiger partial charge is 4.00 e. The molecular formula is C18H26Br2Hf. The van der Waals surface area contributed by atoms with Crippen LogP contribution in [-0.4, -0.2) is 0 Å². The van der Waals surface area contributed by atoms with Gasteiger partial charge in [0.1, 0.15) is 0 Å². The quantitative estimate of drug-likeness (QED) is 0.285. The summed E-state index contributed by atoms with van der Waals surface area (Å²) in [4.78, 5) is 0. The van der Waals surface area contributed by atoms with Gasteiger partial charge in [0.15, 0.2) is 0 Å². The van der Waals surface area contributed by atoms with Crippen LogP contribution in [-0.2, 0) is 25.8 Å². The van der Waals surface area contributed by atoms with E-state index in [0.29, 0.717) is 0 Å². The Kier molecular flexibility index (Phi) is 14.0. The van der Waals surface area contributed by atoms with E-state index in [0.717, 1.165) is 0 Å². The van der Waals surface area contributed by atoms with Crippen molar-refractivity contribution in [1.82, 2.24) is 0 Å². The van der Waals surface area contributed by atoms with Crippen molar-refractivity contribution in [1.29, 1.82) is 0 Å². The van der Waals surface area contributed by atoms with E-state index in [9.17, 15) is 0 Å². The Hall–Kier alpha value is 0.530. The molecule has 0 fully saturated rings. The standard InChI is InChI=1S/2C9H13.2BrH.Hf/c2*1-6-5-7(2)9(4)8(6)3;;;/h2*5H,1-4H3;2*1H;/q2*-1;;;+4/p-2. The molecule has 0 heterocycles. The van der Waals surface area contributed by atoms with Crippen molar-refractivity contribution in [2.45, 2.75) is 55.4 Å². The third-order valence-corrected chi connectivity index (χ3v) is 4.36. The van der Waals surface area contributed by atoms with Crippen LogP contribution in [0, 0.1) is 55.4 Å². The van der Waals surface area contributed by atoms with Gasteiger partial charge in [0, 0.05) is 0 Å². The van der Waals surface area contributed by atoms with E-state index in [4.69, 9.17) is 0 Å². The first-order valence-corrected chi connectivity index (χ1v) is 6.65. The van der Waals surface area contributed by atoms with Crippen LogP contribution in [0.2, 0.25) is 0 Å². The van der Waals surface area contributed by atoms with Crippen molar-refractivity contribution in [2.24, 2.45) is 0 Å². The van der Waals surface area contributed by atoms with Gasteiger partial charge in [0.2, 0.25) is 0 Å². The second kappa shape index (κ2) is 11.1. The Morgan fingerprint density at radius 3 is 0.905 bits per heavy atom. The Balaban J connectivity index is -0.000000270. The smallest absolute Gasteiger partial charge is 1.00 e. The maximum absolute atomic E-state index is 2.24. The van der Waals surface area contributed by atoms with Gasteiger partial charge in [-0.05, 0) is 0 Å². The molecule has 0 aliphatic carbocycles. The Morgan fingerprint density at radius 1 is 0.619 bits per heavy atom. The van der Waals surface area contributed by atoms with E-state index in [1.807, 2.05) is 0 Å². The number of hydrogen-bond donors (Lipinski definition) is 0. The van der Waals surface area contributed by atoms with Gasteiger partial charge < -0.3 is 34.0 Å². The molecule has 0 nitrogen and oxygen atoms in total. The predicted octanol–water partition coefficient (Wildman–Crippen LogP) is -0.716. The maximum atomic E-state index is 2.24. The molecule has 2 aromatic rings. The molecule has 0 N–H and O–H groups in total. The molecule has 0 spiro atoms. The molecule has 0 amide bonds. The van der Waals surface area contributed by atoms with Crippen LogP contribution in [0.5, 0.6) is 0 Å². The molecule has 21 heavy (non-hydrogen) atoms. The van der Waals surface area contributed by atoms with Crippen molar-refractivity contribution in [3.63, 3.8) is 0 Å². The van der Waals surface area contributed by atoms with E-state index in [2.05, 4.69) is 67.5 Å². The van der Waals surface area contributed by atoms with Crippen molar-refractivity contribution >= 4 is 0 Å². The van der Waals surface area contributed by atoms with Gasteiger partial charge in [-0.3, -0.25) is 0 Å². The topological polar surface area (TPSA) is 0 Å². The third-order valence-electron chi connectivity index (χ3n) is 4.36. The first-order chi connectivity index (χ1) is 8.25. The van der Waals surface area contributed by atoms with E-state index in [1.165, 1.54) is 44.5 Å². The molecule has 2 aromatic carbocycles. The molecule has 3 heteroatoms. The Labute approximate surface area is 170 Å².